The second-order valence-corrected chi connectivity index (χ2v) is 8.41. The Balaban J connectivity index is 2.03. The van der Waals surface area contributed by atoms with Gasteiger partial charge in [0, 0.05) is 0 Å². The maximum atomic E-state index is 13.2. The molecule has 0 unspecified atom stereocenters. The van der Waals surface area contributed by atoms with Gasteiger partial charge in [0.15, 0.2) is 18.1 Å². The van der Waals surface area contributed by atoms with Crippen molar-refractivity contribution < 1.29 is 33.8 Å². The lowest BCUT2D eigenvalue weighted by Crippen LogP contribution is -2.54. The molecule has 0 bridgehead atoms. The minimum atomic E-state index is -1.14. The summed E-state index contributed by atoms with van der Waals surface area (Å²) in [6, 6.07) is 7.60. The van der Waals surface area contributed by atoms with Crippen LogP contribution in [0.25, 0.3) is 6.08 Å². The monoisotopic (exact) mass is 564 g/mol. The molecule has 1 fully saturated rings. The number of hydrogen-bond donors (Lipinski definition) is 2. The van der Waals surface area contributed by atoms with Crippen LogP contribution in [0.15, 0.2) is 35.9 Å². The number of nitrogens with one attached hydrogen (secondary N) is 1. The summed E-state index contributed by atoms with van der Waals surface area (Å²) in [5, 5.41) is 11.1. The van der Waals surface area contributed by atoms with Crippen LogP contribution in [0.5, 0.6) is 11.5 Å². The quantitative estimate of drug-likeness (QED) is 0.300. The number of carbonyl (C=O) groups excluding carboxylic acids is 3. The molecule has 9 nitrogen and oxygen atoms in total. The van der Waals surface area contributed by atoms with Crippen LogP contribution in [-0.4, -0.2) is 42.1 Å². The molecule has 0 atom stereocenters. The molecule has 172 valence electrons. The minimum absolute atomic E-state index is 0.230. The van der Waals surface area contributed by atoms with E-state index in [9.17, 15) is 19.2 Å². The lowest BCUT2D eigenvalue weighted by molar-refractivity contribution is -0.139. The maximum Gasteiger partial charge on any atom is 0.341 e. The molecule has 1 saturated heterocycles. The van der Waals surface area contributed by atoms with Crippen molar-refractivity contribution in [2.45, 2.75) is 20.8 Å². The Kier molecular flexibility index (Phi) is 7.36. The van der Waals surface area contributed by atoms with Crippen molar-refractivity contribution in [3.63, 3.8) is 0 Å². The van der Waals surface area contributed by atoms with Gasteiger partial charge in [-0.15, -0.1) is 0 Å². The van der Waals surface area contributed by atoms with E-state index < -0.39 is 30.4 Å². The molecule has 2 aromatic rings. The number of urea groups is 1. The zero-order valence-corrected chi connectivity index (χ0v) is 20.3. The van der Waals surface area contributed by atoms with Crippen molar-refractivity contribution in [2.75, 3.05) is 18.1 Å². The number of ether oxygens (including phenoxy) is 2. The SMILES string of the molecule is CCOc1cc(/C=C2/C(=O)NC(=O)N(c3cc(C)cc(C)c3)C2=O)cc(I)c1OCC(=O)O. The maximum absolute atomic E-state index is 13.2. The second kappa shape index (κ2) is 10.0. The van der Waals surface area contributed by atoms with Crippen LogP contribution >= 0.6 is 22.6 Å². The highest BCUT2D eigenvalue weighted by Crippen LogP contribution is 2.35. The first-order chi connectivity index (χ1) is 15.6. The number of aryl methyl sites for hydroxylation is 2. The van der Waals surface area contributed by atoms with Gasteiger partial charge in [-0.05, 0) is 90.4 Å². The van der Waals surface area contributed by atoms with Crippen molar-refractivity contribution in [3.8, 4) is 11.5 Å². The van der Waals surface area contributed by atoms with Gasteiger partial charge in [-0.3, -0.25) is 14.9 Å². The highest BCUT2D eigenvalue weighted by molar-refractivity contribution is 14.1. The Labute approximate surface area is 203 Å². The molecule has 2 aromatic carbocycles. The summed E-state index contributed by atoms with van der Waals surface area (Å²) in [6.45, 7) is 5.18. The number of halogens is 1. The second-order valence-electron chi connectivity index (χ2n) is 7.25. The molecule has 4 amide bonds. The van der Waals surface area contributed by atoms with Crippen LogP contribution in [0.4, 0.5) is 10.5 Å². The van der Waals surface area contributed by atoms with E-state index in [-0.39, 0.29) is 23.7 Å². The molecule has 0 aromatic heterocycles. The number of carboxylic acid groups (broad SMARTS) is 1. The summed E-state index contributed by atoms with van der Waals surface area (Å²) in [4.78, 5) is 49.9. The van der Waals surface area contributed by atoms with Crippen LogP contribution in [0.1, 0.15) is 23.6 Å². The predicted octanol–water partition coefficient (Wildman–Crippen LogP) is 3.44. The van der Waals surface area contributed by atoms with E-state index in [1.165, 1.54) is 12.1 Å². The average Bonchev–Trinajstić information content (AvgIpc) is 2.69. The number of rotatable bonds is 7. The van der Waals surface area contributed by atoms with Gasteiger partial charge in [0.2, 0.25) is 0 Å². The Morgan fingerprint density at radius 1 is 1.09 bits per heavy atom. The van der Waals surface area contributed by atoms with Crippen molar-refractivity contribution in [2.24, 2.45) is 0 Å². The summed E-state index contributed by atoms with van der Waals surface area (Å²) in [6.07, 6.45) is 1.35. The van der Waals surface area contributed by atoms with Crippen LogP contribution in [0.2, 0.25) is 0 Å². The molecule has 1 aliphatic rings. The third-order valence-electron chi connectivity index (χ3n) is 4.55. The molecule has 0 spiro atoms. The molecular formula is C23H21IN2O7. The number of hydrogen-bond acceptors (Lipinski definition) is 6. The van der Waals surface area contributed by atoms with Crippen molar-refractivity contribution in [1.82, 2.24) is 5.32 Å². The molecule has 0 saturated carbocycles. The third kappa shape index (κ3) is 5.51. The standard InChI is InChI=1S/C23H21IN2O7/c1-4-32-18-10-14(9-17(24)20(18)33-11-19(27)28)8-16-21(29)25-23(31)26(22(16)30)15-6-12(2)5-13(3)7-15/h5-10H,4,11H2,1-3H3,(H,27,28)(H,25,29,31)/b16-8-. The average molecular weight is 564 g/mol. The summed E-state index contributed by atoms with van der Waals surface area (Å²) in [7, 11) is 0. The van der Waals surface area contributed by atoms with Crippen LogP contribution in [0, 0.1) is 17.4 Å². The number of imide groups is 2. The molecule has 3 rings (SSSR count). The smallest absolute Gasteiger partial charge is 0.341 e. The number of anilines is 1. The minimum Gasteiger partial charge on any atom is -0.490 e. The van der Waals surface area contributed by atoms with Crippen molar-refractivity contribution in [3.05, 3.63) is 56.2 Å². The summed E-state index contributed by atoms with van der Waals surface area (Å²) >= 11 is 1.95. The first-order valence-corrected chi connectivity index (χ1v) is 11.0. The number of carbonyl (C=O) groups is 4. The molecule has 10 heteroatoms. The van der Waals surface area contributed by atoms with Gasteiger partial charge in [0.1, 0.15) is 5.57 Å². The number of nitrogens with zero attached hydrogens (tertiary/aromatic N) is 1. The molecule has 0 radical (unpaired) electrons. The fraction of sp³-hybridized carbons (Fsp3) is 0.217. The Bertz CT molecular complexity index is 1170. The van der Waals surface area contributed by atoms with Gasteiger partial charge in [0.25, 0.3) is 11.8 Å². The predicted molar refractivity (Wildman–Crippen MR) is 128 cm³/mol. The largest absolute Gasteiger partial charge is 0.490 e. The fourth-order valence-corrected chi connectivity index (χ4v) is 4.13. The fourth-order valence-electron chi connectivity index (χ4n) is 3.35. The van der Waals surface area contributed by atoms with E-state index in [0.717, 1.165) is 16.0 Å². The Morgan fingerprint density at radius 3 is 2.36 bits per heavy atom. The van der Waals surface area contributed by atoms with Gasteiger partial charge in [-0.2, -0.15) is 0 Å². The lowest BCUT2D eigenvalue weighted by Gasteiger charge is -2.27. The van der Waals surface area contributed by atoms with E-state index in [0.29, 0.717) is 14.8 Å². The molecule has 1 aliphatic heterocycles. The summed E-state index contributed by atoms with van der Waals surface area (Å²) < 4.78 is 11.4. The Hall–Kier alpha value is -3.41. The zero-order valence-electron chi connectivity index (χ0n) is 18.1. The number of carboxylic acids is 1. The van der Waals surface area contributed by atoms with Crippen molar-refractivity contribution >= 4 is 58.2 Å². The highest BCUT2D eigenvalue weighted by Gasteiger charge is 2.37. The molecule has 33 heavy (non-hydrogen) atoms. The van der Waals surface area contributed by atoms with Gasteiger partial charge < -0.3 is 14.6 Å². The normalized spacial score (nSPS) is 15.0. The third-order valence-corrected chi connectivity index (χ3v) is 5.35. The summed E-state index contributed by atoms with van der Waals surface area (Å²) in [5.41, 5.74) is 2.29. The first kappa shape index (κ1) is 24.2. The van der Waals surface area contributed by atoms with E-state index in [1.54, 1.807) is 25.1 Å². The lowest BCUT2D eigenvalue weighted by atomic mass is 10.0. The van der Waals surface area contributed by atoms with Crippen LogP contribution in [-0.2, 0) is 14.4 Å². The van der Waals surface area contributed by atoms with E-state index in [4.69, 9.17) is 14.6 Å². The van der Waals surface area contributed by atoms with E-state index in [2.05, 4.69) is 5.32 Å². The number of barbiturate groups is 1. The van der Waals surface area contributed by atoms with Crippen LogP contribution in [0.3, 0.4) is 0 Å². The molecule has 0 aliphatic carbocycles. The highest BCUT2D eigenvalue weighted by atomic mass is 127. The van der Waals surface area contributed by atoms with E-state index >= 15 is 0 Å². The van der Waals surface area contributed by atoms with Gasteiger partial charge in [-0.25, -0.2) is 14.5 Å². The zero-order chi connectivity index (χ0) is 24.3. The van der Waals surface area contributed by atoms with Gasteiger partial charge in [0.05, 0.1) is 15.9 Å². The molecular weight excluding hydrogens is 543 g/mol. The first-order valence-electron chi connectivity index (χ1n) is 9.91. The van der Waals surface area contributed by atoms with Gasteiger partial charge in [-0.1, -0.05) is 6.07 Å². The van der Waals surface area contributed by atoms with Crippen molar-refractivity contribution in [1.29, 1.82) is 0 Å². The number of aliphatic carboxylic acids is 1. The van der Waals surface area contributed by atoms with Gasteiger partial charge >= 0.3 is 12.0 Å². The number of benzene rings is 2. The van der Waals surface area contributed by atoms with E-state index in [1.807, 2.05) is 42.5 Å². The topological polar surface area (TPSA) is 122 Å². The van der Waals surface area contributed by atoms with Crippen LogP contribution < -0.4 is 19.7 Å². The summed E-state index contributed by atoms with van der Waals surface area (Å²) in [5.74, 6) is -2.20. The molecule has 2 N–H and O–H groups in total. The molecule has 1 heterocycles. The Morgan fingerprint density at radius 2 is 1.76 bits per heavy atom. The number of amides is 4.